The van der Waals surface area contributed by atoms with Crippen molar-refractivity contribution in [3.05, 3.63) is 72.9 Å². The van der Waals surface area contributed by atoms with Gasteiger partial charge in [-0.05, 0) is 11.6 Å². The normalized spacial score (nSPS) is 17.0. The van der Waals surface area contributed by atoms with Crippen LogP contribution in [0.25, 0.3) is 27.9 Å². The lowest BCUT2D eigenvalue weighted by atomic mass is 10.1. The Labute approximate surface area is 187 Å². The first-order chi connectivity index (χ1) is 15.9. The minimum absolute atomic E-state index is 0.0877. The van der Waals surface area contributed by atoms with Crippen molar-refractivity contribution in [3.8, 4) is 22.3 Å². The van der Waals surface area contributed by atoms with Crippen LogP contribution >= 0.6 is 0 Å². The standard InChI is InChI=1S/C23H20F2N8/c24-23(25)7-19(23)14-32-12-18(9-28-32)20-6-16(13-33-21(20)29-22(26)30-33)17-8-27-31(11-17)10-15-4-2-1-3-5-15/h1-6,8-9,11-13,19H,7,10,14H2,(H2,26,30). The molecule has 1 aliphatic carbocycles. The Bertz CT molecular complexity index is 1450. The third kappa shape index (κ3) is 3.73. The van der Waals surface area contributed by atoms with E-state index in [0.717, 1.165) is 27.8 Å². The van der Waals surface area contributed by atoms with Crippen LogP contribution in [0.1, 0.15) is 12.0 Å². The maximum Gasteiger partial charge on any atom is 0.253 e. The summed E-state index contributed by atoms with van der Waals surface area (Å²) in [6.45, 7) is 0.842. The molecule has 2 N–H and O–H groups in total. The van der Waals surface area contributed by atoms with Crippen LogP contribution in [-0.4, -0.2) is 40.1 Å². The maximum atomic E-state index is 13.3. The van der Waals surface area contributed by atoms with Crippen molar-refractivity contribution in [2.24, 2.45) is 5.92 Å². The molecule has 4 aromatic heterocycles. The van der Waals surface area contributed by atoms with Gasteiger partial charge in [0.15, 0.2) is 5.65 Å². The monoisotopic (exact) mass is 446 g/mol. The van der Waals surface area contributed by atoms with Gasteiger partial charge in [0.05, 0.1) is 18.9 Å². The fraction of sp³-hybridized carbons (Fsp3) is 0.217. The van der Waals surface area contributed by atoms with Gasteiger partial charge in [0, 0.05) is 59.7 Å². The second kappa shape index (κ2) is 7.22. The van der Waals surface area contributed by atoms with E-state index in [1.54, 1.807) is 27.8 Å². The molecule has 6 rings (SSSR count). The number of fused-ring (bicyclic) bond motifs is 1. The predicted octanol–water partition coefficient (Wildman–Crippen LogP) is 3.74. The van der Waals surface area contributed by atoms with Crippen LogP contribution in [-0.2, 0) is 13.1 Å². The summed E-state index contributed by atoms with van der Waals surface area (Å²) in [6.07, 6.45) is 8.95. The number of alkyl halides is 2. The van der Waals surface area contributed by atoms with E-state index < -0.39 is 11.8 Å². The van der Waals surface area contributed by atoms with Crippen molar-refractivity contribution in [3.63, 3.8) is 0 Å². The molecule has 1 saturated carbocycles. The molecule has 0 aliphatic heterocycles. The van der Waals surface area contributed by atoms with E-state index in [4.69, 9.17) is 5.73 Å². The molecule has 8 nitrogen and oxygen atoms in total. The largest absolute Gasteiger partial charge is 0.366 e. The van der Waals surface area contributed by atoms with Gasteiger partial charge >= 0.3 is 0 Å². The lowest BCUT2D eigenvalue weighted by Crippen LogP contribution is -2.05. The smallest absolute Gasteiger partial charge is 0.253 e. The fourth-order valence-electron chi connectivity index (χ4n) is 4.04. The molecule has 4 heterocycles. The van der Waals surface area contributed by atoms with Crippen LogP contribution in [0.15, 0.2) is 67.4 Å². The lowest BCUT2D eigenvalue weighted by molar-refractivity contribution is 0.0942. The third-order valence-corrected chi connectivity index (χ3v) is 5.91. The summed E-state index contributed by atoms with van der Waals surface area (Å²) in [5.74, 6) is -3.09. The van der Waals surface area contributed by atoms with Crippen LogP contribution in [0.3, 0.4) is 0 Å². The van der Waals surface area contributed by atoms with E-state index in [1.807, 2.05) is 41.3 Å². The van der Waals surface area contributed by atoms with Crippen molar-refractivity contribution in [1.82, 2.24) is 34.2 Å². The molecule has 1 aromatic carbocycles. The number of aromatic nitrogens is 7. The topological polar surface area (TPSA) is 91.9 Å². The van der Waals surface area contributed by atoms with Crippen LogP contribution in [0.5, 0.6) is 0 Å². The molecule has 1 atom stereocenters. The molecule has 5 aromatic rings. The number of pyridine rings is 1. The Kier molecular flexibility index (Phi) is 4.29. The van der Waals surface area contributed by atoms with Gasteiger partial charge in [-0.25, -0.2) is 13.3 Å². The summed E-state index contributed by atoms with van der Waals surface area (Å²) < 4.78 is 31.7. The molecular weight excluding hydrogens is 426 g/mol. The quantitative estimate of drug-likeness (QED) is 0.429. The number of nitrogens with two attached hydrogens (primary N) is 1. The van der Waals surface area contributed by atoms with Crippen molar-refractivity contribution >= 4 is 11.6 Å². The average molecular weight is 446 g/mol. The number of rotatable bonds is 6. The van der Waals surface area contributed by atoms with E-state index in [0.29, 0.717) is 12.2 Å². The third-order valence-electron chi connectivity index (χ3n) is 5.91. The average Bonchev–Trinajstić information content (AvgIpc) is 3.27. The fourth-order valence-corrected chi connectivity index (χ4v) is 4.04. The molecule has 1 aliphatic rings. The number of halogens is 2. The highest BCUT2D eigenvalue weighted by atomic mass is 19.3. The highest BCUT2D eigenvalue weighted by Gasteiger charge is 2.56. The van der Waals surface area contributed by atoms with Crippen LogP contribution in [0.2, 0.25) is 0 Å². The number of hydrogen-bond donors (Lipinski definition) is 1. The van der Waals surface area contributed by atoms with Gasteiger partial charge in [-0.15, -0.1) is 5.10 Å². The van der Waals surface area contributed by atoms with E-state index in [2.05, 4.69) is 32.4 Å². The van der Waals surface area contributed by atoms with E-state index >= 15 is 0 Å². The molecule has 1 fully saturated rings. The van der Waals surface area contributed by atoms with Crippen molar-refractivity contribution < 1.29 is 8.78 Å². The molecule has 1 unspecified atom stereocenters. The van der Waals surface area contributed by atoms with Gasteiger partial charge < -0.3 is 5.73 Å². The van der Waals surface area contributed by atoms with Gasteiger partial charge in [0.2, 0.25) is 5.95 Å². The molecule has 0 bridgehead atoms. The Hall–Kier alpha value is -4.08. The highest BCUT2D eigenvalue weighted by molar-refractivity contribution is 5.81. The Balaban J connectivity index is 1.35. The number of nitrogens with zero attached hydrogens (tertiary/aromatic N) is 7. The zero-order valence-electron chi connectivity index (χ0n) is 17.5. The summed E-state index contributed by atoms with van der Waals surface area (Å²) >= 11 is 0. The van der Waals surface area contributed by atoms with Crippen molar-refractivity contribution in [2.45, 2.75) is 25.4 Å². The Morgan fingerprint density at radius 3 is 2.48 bits per heavy atom. The number of hydrogen-bond acceptors (Lipinski definition) is 5. The first-order valence-corrected chi connectivity index (χ1v) is 10.6. The predicted molar refractivity (Wildman–Crippen MR) is 118 cm³/mol. The first-order valence-electron chi connectivity index (χ1n) is 10.6. The Morgan fingerprint density at radius 1 is 0.970 bits per heavy atom. The highest BCUT2D eigenvalue weighted by Crippen LogP contribution is 2.49. The minimum Gasteiger partial charge on any atom is -0.366 e. The van der Waals surface area contributed by atoms with Crippen LogP contribution in [0.4, 0.5) is 14.7 Å². The number of anilines is 1. The van der Waals surface area contributed by atoms with Gasteiger partial charge in [-0.1, -0.05) is 30.3 Å². The first kappa shape index (κ1) is 19.6. The summed E-state index contributed by atoms with van der Waals surface area (Å²) in [7, 11) is 0. The van der Waals surface area contributed by atoms with Gasteiger partial charge in [0.25, 0.3) is 5.92 Å². The van der Waals surface area contributed by atoms with Gasteiger partial charge in [-0.3, -0.25) is 9.36 Å². The number of nitrogen functional groups attached to an aromatic ring is 1. The van der Waals surface area contributed by atoms with Gasteiger partial charge in [-0.2, -0.15) is 15.2 Å². The maximum absolute atomic E-state index is 13.3. The summed E-state index contributed by atoms with van der Waals surface area (Å²) in [6, 6.07) is 12.1. The number of benzene rings is 1. The zero-order chi connectivity index (χ0) is 22.6. The molecule has 33 heavy (non-hydrogen) atoms. The molecule has 0 amide bonds. The van der Waals surface area contributed by atoms with E-state index in [9.17, 15) is 8.78 Å². The second-order valence-electron chi connectivity index (χ2n) is 8.41. The summed E-state index contributed by atoms with van der Waals surface area (Å²) in [5.41, 5.74) is 10.9. The minimum atomic E-state index is -2.58. The SMILES string of the molecule is Nc1nc2c(-c3cnn(CC4CC4(F)F)c3)cc(-c3cnn(Cc4ccccc4)c3)cn2n1. The molecule has 0 radical (unpaired) electrons. The van der Waals surface area contributed by atoms with E-state index in [1.165, 1.54) is 0 Å². The summed E-state index contributed by atoms with van der Waals surface area (Å²) in [5, 5.41) is 13.0. The lowest BCUT2D eigenvalue weighted by Gasteiger charge is -2.05. The molecular formula is C23H20F2N8. The molecule has 10 heteroatoms. The van der Waals surface area contributed by atoms with Crippen LogP contribution in [0, 0.1) is 5.92 Å². The Morgan fingerprint density at radius 2 is 1.70 bits per heavy atom. The zero-order valence-corrected chi connectivity index (χ0v) is 17.5. The van der Waals surface area contributed by atoms with Crippen molar-refractivity contribution in [1.29, 1.82) is 0 Å². The molecule has 0 spiro atoms. The van der Waals surface area contributed by atoms with Crippen LogP contribution < -0.4 is 5.73 Å². The molecule has 166 valence electrons. The van der Waals surface area contributed by atoms with Crippen molar-refractivity contribution in [2.75, 3.05) is 5.73 Å². The second-order valence-corrected chi connectivity index (χ2v) is 8.41. The van der Waals surface area contributed by atoms with Gasteiger partial charge in [0.1, 0.15) is 0 Å². The summed E-state index contributed by atoms with van der Waals surface area (Å²) in [4.78, 5) is 4.34. The molecule has 0 saturated heterocycles. The van der Waals surface area contributed by atoms with E-state index in [-0.39, 0.29) is 18.9 Å².